The van der Waals surface area contributed by atoms with Crippen LogP contribution in [0.4, 0.5) is 0 Å². The van der Waals surface area contributed by atoms with Crippen LogP contribution in [0.3, 0.4) is 0 Å². The Morgan fingerprint density at radius 3 is 2.50 bits per heavy atom. The Kier molecular flexibility index (Phi) is 4.68. The third-order valence-corrected chi connectivity index (χ3v) is 6.11. The zero-order chi connectivity index (χ0) is 14.0. The first-order valence-electron chi connectivity index (χ1n) is 8.78. The molecule has 1 spiro atoms. The van der Waals surface area contributed by atoms with E-state index in [-0.39, 0.29) is 0 Å². The molecular weight excluding hydrogens is 248 g/mol. The molecule has 1 N–H and O–H groups in total. The Bertz CT molecular complexity index is 306. The summed E-state index contributed by atoms with van der Waals surface area (Å²) in [6, 6.07) is 0.668. The molecule has 1 saturated carbocycles. The Morgan fingerprint density at radius 1 is 1.15 bits per heavy atom. The van der Waals surface area contributed by atoms with E-state index in [2.05, 4.69) is 24.2 Å². The van der Waals surface area contributed by atoms with Crippen LogP contribution in [-0.2, 0) is 4.74 Å². The molecule has 3 rings (SSSR count). The molecule has 3 nitrogen and oxygen atoms in total. The highest BCUT2D eigenvalue weighted by Crippen LogP contribution is 2.43. The summed E-state index contributed by atoms with van der Waals surface area (Å²) in [6.07, 6.45) is 11.3. The van der Waals surface area contributed by atoms with Gasteiger partial charge in [0.05, 0.1) is 11.7 Å². The predicted octanol–water partition coefficient (Wildman–Crippen LogP) is 2.80. The molecule has 2 heterocycles. The minimum Gasteiger partial charge on any atom is -0.370 e. The molecule has 116 valence electrons. The van der Waals surface area contributed by atoms with Crippen LogP contribution in [0.15, 0.2) is 0 Å². The number of nitrogens with one attached hydrogen (secondary N) is 1. The van der Waals surface area contributed by atoms with Gasteiger partial charge in [-0.05, 0) is 71.5 Å². The first-order chi connectivity index (χ1) is 9.71. The molecule has 3 heteroatoms. The molecular formula is C17H32N2O. The van der Waals surface area contributed by atoms with Crippen molar-refractivity contribution < 1.29 is 4.74 Å². The number of ether oxygens (including phenoxy) is 1. The molecule has 0 aromatic rings. The van der Waals surface area contributed by atoms with Gasteiger partial charge in [0.15, 0.2) is 0 Å². The van der Waals surface area contributed by atoms with Crippen LogP contribution in [0, 0.1) is 5.92 Å². The average Bonchev–Trinajstić information content (AvgIpc) is 3.09. The topological polar surface area (TPSA) is 24.5 Å². The summed E-state index contributed by atoms with van der Waals surface area (Å²) in [5, 5.41) is 3.41. The lowest BCUT2D eigenvalue weighted by atomic mass is 9.90. The Hall–Kier alpha value is -0.120. The number of likely N-dealkylation sites (tertiary alicyclic amines) is 1. The monoisotopic (exact) mass is 280 g/mol. The fourth-order valence-electron chi connectivity index (χ4n) is 4.57. The van der Waals surface area contributed by atoms with Gasteiger partial charge in [-0.3, -0.25) is 0 Å². The van der Waals surface area contributed by atoms with E-state index >= 15 is 0 Å². The lowest BCUT2D eigenvalue weighted by Gasteiger charge is -2.36. The molecule has 20 heavy (non-hydrogen) atoms. The van der Waals surface area contributed by atoms with Crippen LogP contribution in [0.5, 0.6) is 0 Å². The van der Waals surface area contributed by atoms with Crippen LogP contribution in [0.25, 0.3) is 0 Å². The third kappa shape index (κ3) is 3.20. The lowest BCUT2D eigenvalue weighted by Crippen LogP contribution is -2.43. The molecule has 0 radical (unpaired) electrons. The summed E-state index contributed by atoms with van der Waals surface area (Å²) in [5.41, 5.74) is 0.309. The first-order valence-corrected chi connectivity index (χ1v) is 8.78. The maximum Gasteiger partial charge on any atom is 0.0710 e. The van der Waals surface area contributed by atoms with Crippen molar-refractivity contribution in [2.24, 2.45) is 5.92 Å². The fraction of sp³-hybridized carbons (Fsp3) is 1.00. The van der Waals surface area contributed by atoms with Crippen molar-refractivity contribution in [3.63, 3.8) is 0 Å². The van der Waals surface area contributed by atoms with Gasteiger partial charge in [-0.15, -0.1) is 0 Å². The summed E-state index contributed by atoms with van der Waals surface area (Å²) in [7, 11) is 2.09. The molecule has 2 saturated heterocycles. The smallest absolute Gasteiger partial charge is 0.0710 e. The van der Waals surface area contributed by atoms with Crippen LogP contribution in [0.2, 0.25) is 0 Å². The fourth-order valence-corrected chi connectivity index (χ4v) is 4.57. The second-order valence-corrected chi connectivity index (χ2v) is 7.38. The molecule has 2 atom stereocenters. The van der Waals surface area contributed by atoms with Gasteiger partial charge in [0.25, 0.3) is 0 Å². The van der Waals surface area contributed by atoms with Gasteiger partial charge in [-0.25, -0.2) is 0 Å². The van der Waals surface area contributed by atoms with Crippen LogP contribution in [-0.4, -0.2) is 49.3 Å². The molecule has 0 aromatic heterocycles. The van der Waals surface area contributed by atoms with Gasteiger partial charge in [-0.2, -0.15) is 0 Å². The molecule has 2 aliphatic heterocycles. The van der Waals surface area contributed by atoms with Crippen molar-refractivity contribution in [3.8, 4) is 0 Å². The second-order valence-electron chi connectivity index (χ2n) is 7.38. The maximum absolute atomic E-state index is 6.45. The number of hydrogen-bond acceptors (Lipinski definition) is 3. The molecule has 2 unspecified atom stereocenters. The van der Waals surface area contributed by atoms with Crippen molar-refractivity contribution in [3.05, 3.63) is 0 Å². The quantitative estimate of drug-likeness (QED) is 0.857. The first kappa shape index (κ1) is 14.8. The van der Waals surface area contributed by atoms with E-state index in [4.69, 9.17) is 4.74 Å². The SMILES string of the molecule is CNC(C)C1CCN(CC2CCC3(CCCC3)O2)CC1. The molecule has 3 aliphatic rings. The summed E-state index contributed by atoms with van der Waals surface area (Å²) < 4.78 is 6.45. The van der Waals surface area contributed by atoms with Gasteiger partial charge in [0.2, 0.25) is 0 Å². The molecule has 0 aromatic carbocycles. The van der Waals surface area contributed by atoms with Crippen LogP contribution in [0.1, 0.15) is 58.3 Å². The summed E-state index contributed by atoms with van der Waals surface area (Å²) >= 11 is 0. The Morgan fingerprint density at radius 2 is 1.85 bits per heavy atom. The second kappa shape index (κ2) is 6.33. The standard InChI is InChI=1S/C17H32N2O/c1-14(18-2)15-6-11-19(12-7-15)13-16-5-10-17(20-16)8-3-4-9-17/h14-16,18H,3-13H2,1-2H3. The van der Waals surface area contributed by atoms with E-state index in [0.29, 0.717) is 17.7 Å². The van der Waals surface area contributed by atoms with Gasteiger partial charge < -0.3 is 15.0 Å². The highest BCUT2D eigenvalue weighted by atomic mass is 16.5. The zero-order valence-corrected chi connectivity index (χ0v) is 13.4. The predicted molar refractivity (Wildman–Crippen MR) is 83.0 cm³/mol. The number of rotatable bonds is 4. The van der Waals surface area contributed by atoms with E-state index in [0.717, 1.165) is 5.92 Å². The molecule has 1 aliphatic carbocycles. The third-order valence-electron chi connectivity index (χ3n) is 6.11. The summed E-state index contributed by atoms with van der Waals surface area (Å²) in [5.74, 6) is 0.863. The highest BCUT2D eigenvalue weighted by Gasteiger charge is 2.42. The number of piperidine rings is 1. The molecule has 3 fully saturated rings. The van der Waals surface area contributed by atoms with Gasteiger partial charge in [-0.1, -0.05) is 12.8 Å². The Labute approximate surface area is 124 Å². The largest absolute Gasteiger partial charge is 0.370 e. The summed E-state index contributed by atoms with van der Waals surface area (Å²) in [6.45, 7) is 6.04. The van der Waals surface area contributed by atoms with Crippen LogP contribution < -0.4 is 5.32 Å². The Balaban J connectivity index is 1.42. The maximum atomic E-state index is 6.45. The van der Waals surface area contributed by atoms with E-state index in [9.17, 15) is 0 Å². The van der Waals surface area contributed by atoms with Gasteiger partial charge in [0.1, 0.15) is 0 Å². The minimum atomic E-state index is 0.309. The minimum absolute atomic E-state index is 0.309. The van der Waals surface area contributed by atoms with Crippen molar-refractivity contribution in [2.75, 3.05) is 26.7 Å². The van der Waals surface area contributed by atoms with Gasteiger partial charge >= 0.3 is 0 Å². The lowest BCUT2D eigenvalue weighted by molar-refractivity contribution is -0.0501. The molecule has 0 amide bonds. The molecule has 0 bridgehead atoms. The van der Waals surface area contributed by atoms with E-state index in [1.54, 1.807) is 0 Å². The van der Waals surface area contributed by atoms with Crippen molar-refractivity contribution >= 4 is 0 Å². The van der Waals surface area contributed by atoms with Crippen molar-refractivity contribution in [1.29, 1.82) is 0 Å². The normalized spacial score (nSPS) is 33.0. The highest BCUT2D eigenvalue weighted by molar-refractivity contribution is 4.93. The van der Waals surface area contributed by atoms with E-state index in [1.807, 2.05) is 0 Å². The number of hydrogen-bond donors (Lipinski definition) is 1. The number of nitrogens with zero attached hydrogens (tertiary/aromatic N) is 1. The van der Waals surface area contributed by atoms with Crippen molar-refractivity contribution in [1.82, 2.24) is 10.2 Å². The average molecular weight is 280 g/mol. The zero-order valence-electron chi connectivity index (χ0n) is 13.4. The van der Waals surface area contributed by atoms with Gasteiger partial charge in [0, 0.05) is 12.6 Å². The van der Waals surface area contributed by atoms with Crippen LogP contribution >= 0.6 is 0 Å². The van der Waals surface area contributed by atoms with Crippen molar-refractivity contribution in [2.45, 2.75) is 76.0 Å². The summed E-state index contributed by atoms with van der Waals surface area (Å²) in [4.78, 5) is 2.65. The van der Waals surface area contributed by atoms with E-state index in [1.165, 1.54) is 71.0 Å². The van der Waals surface area contributed by atoms with E-state index < -0.39 is 0 Å².